The van der Waals surface area contributed by atoms with Crippen molar-refractivity contribution in [3.8, 4) is 5.75 Å². The Hall–Kier alpha value is -1.10. The van der Waals surface area contributed by atoms with Crippen LogP contribution in [-0.4, -0.2) is 49.5 Å². The average Bonchev–Trinajstić information content (AvgIpc) is 2.47. The molecule has 1 aliphatic carbocycles. The quantitative estimate of drug-likeness (QED) is 0.874. The number of methoxy groups -OCH3 is 1. The zero-order chi connectivity index (χ0) is 15.4. The van der Waals surface area contributed by atoms with Crippen LogP contribution in [0.15, 0.2) is 18.2 Å². The first-order chi connectivity index (χ1) is 10.0. The summed E-state index contributed by atoms with van der Waals surface area (Å²) in [6, 6.07) is 6.13. The molecule has 0 saturated carbocycles. The fraction of sp³-hybridized carbons (Fsp3) is 0.647. The van der Waals surface area contributed by atoms with Crippen LogP contribution in [0.2, 0.25) is 0 Å². The Morgan fingerprint density at radius 1 is 1.38 bits per heavy atom. The molecule has 2 rings (SSSR count). The Bertz CT molecular complexity index is 461. The first kappa shape index (κ1) is 16.3. The normalized spacial score (nSPS) is 21.7. The molecule has 0 spiro atoms. The van der Waals surface area contributed by atoms with Gasteiger partial charge in [0.15, 0.2) is 0 Å². The van der Waals surface area contributed by atoms with E-state index >= 15 is 0 Å². The zero-order valence-corrected chi connectivity index (χ0v) is 13.5. The van der Waals surface area contributed by atoms with Crippen molar-refractivity contribution >= 4 is 0 Å². The van der Waals surface area contributed by atoms with Crippen LogP contribution in [0.25, 0.3) is 0 Å². The number of aliphatic hydroxyl groups is 1. The zero-order valence-electron chi connectivity index (χ0n) is 13.5. The van der Waals surface area contributed by atoms with Gasteiger partial charge in [-0.1, -0.05) is 6.07 Å². The maximum Gasteiger partial charge on any atom is 0.119 e. The third-order valence-corrected chi connectivity index (χ3v) is 4.21. The van der Waals surface area contributed by atoms with Crippen LogP contribution >= 0.6 is 0 Å². The largest absolute Gasteiger partial charge is 0.497 e. The highest BCUT2D eigenvalue weighted by Crippen LogP contribution is 2.34. The summed E-state index contributed by atoms with van der Waals surface area (Å²) in [6.07, 6.45) is 1.75. The van der Waals surface area contributed by atoms with Crippen molar-refractivity contribution in [2.75, 3.05) is 27.3 Å². The second-order valence-electron chi connectivity index (χ2n) is 6.02. The molecule has 1 aliphatic rings. The SMILES string of the molecule is COc1ccc2c(c1)C(O)C(N(C)CCOC(C)C)CC2. The van der Waals surface area contributed by atoms with Crippen LogP contribution in [0.5, 0.6) is 5.75 Å². The minimum absolute atomic E-state index is 0.139. The third kappa shape index (κ3) is 3.96. The standard InChI is InChI=1S/C17H27NO3/c1-12(2)21-10-9-18(3)16-8-6-13-5-7-14(20-4)11-15(13)17(16)19/h5,7,11-12,16-17,19H,6,8-10H2,1-4H3. The maximum absolute atomic E-state index is 10.7. The summed E-state index contributed by atoms with van der Waals surface area (Å²) < 4.78 is 10.9. The van der Waals surface area contributed by atoms with E-state index < -0.39 is 6.10 Å². The molecule has 0 heterocycles. The smallest absolute Gasteiger partial charge is 0.119 e. The Morgan fingerprint density at radius 3 is 2.81 bits per heavy atom. The molecular weight excluding hydrogens is 266 g/mol. The van der Waals surface area contributed by atoms with Crippen molar-refractivity contribution in [3.05, 3.63) is 29.3 Å². The number of likely N-dealkylation sites (N-methyl/N-ethyl adjacent to an activating group) is 1. The number of rotatable bonds is 6. The third-order valence-electron chi connectivity index (χ3n) is 4.21. The van der Waals surface area contributed by atoms with Crippen molar-refractivity contribution in [2.45, 2.75) is 44.9 Å². The monoisotopic (exact) mass is 293 g/mol. The minimum Gasteiger partial charge on any atom is -0.497 e. The van der Waals surface area contributed by atoms with Gasteiger partial charge in [0, 0.05) is 12.6 Å². The van der Waals surface area contributed by atoms with E-state index in [4.69, 9.17) is 9.47 Å². The molecule has 118 valence electrons. The fourth-order valence-corrected chi connectivity index (χ4v) is 2.93. The van der Waals surface area contributed by atoms with Crippen molar-refractivity contribution in [3.63, 3.8) is 0 Å². The van der Waals surface area contributed by atoms with E-state index in [9.17, 15) is 5.11 Å². The van der Waals surface area contributed by atoms with Gasteiger partial charge < -0.3 is 14.6 Å². The maximum atomic E-state index is 10.7. The molecule has 1 N–H and O–H groups in total. The van der Waals surface area contributed by atoms with E-state index in [0.29, 0.717) is 6.61 Å². The van der Waals surface area contributed by atoms with Gasteiger partial charge in [-0.05, 0) is 57.0 Å². The number of aliphatic hydroxyl groups excluding tert-OH is 1. The lowest BCUT2D eigenvalue weighted by Gasteiger charge is -2.36. The number of nitrogens with zero attached hydrogens (tertiary/aromatic N) is 1. The molecule has 0 amide bonds. The van der Waals surface area contributed by atoms with Gasteiger partial charge in [-0.2, -0.15) is 0 Å². The van der Waals surface area contributed by atoms with E-state index in [1.165, 1.54) is 5.56 Å². The molecule has 0 saturated heterocycles. The minimum atomic E-state index is -0.465. The van der Waals surface area contributed by atoms with Crippen molar-refractivity contribution in [2.24, 2.45) is 0 Å². The highest BCUT2D eigenvalue weighted by atomic mass is 16.5. The average molecular weight is 293 g/mol. The number of hydrogen-bond acceptors (Lipinski definition) is 4. The lowest BCUT2D eigenvalue weighted by molar-refractivity contribution is 0.0168. The first-order valence-electron chi connectivity index (χ1n) is 7.69. The summed E-state index contributed by atoms with van der Waals surface area (Å²) in [5, 5.41) is 10.7. The second kappa shape index (κ2) is 7.25. The second-order valence-corrected chi connectivity index (χ2v) is 6.02. The molecule has 4 nitrogen and oxygen atoms in total. The Labute approximate surface area is 127 Å². The van der Waals surface area contributed by atoms with Gasteiger partial charge in [-0.15, -0.1) is 0 Å². The predicted octanol–water partition coefficient (Wildman–Crippen LogP) is 2.40. The van der Waals surface area contributed by atoms with Gasteiger partial charge in [0.2, 0.25) is 0 Å². The Kier molecular flexibility index (Phi) is 5.62. The van der Waals surface area contributed by atoms with Crippen LogP contribution in [0.3, 0.4) is 0 Å². The van der Waals surface area contributed by atoms with Crippen LogP contribution in [-0.2, 0) is 11.2 Å². The number of aryl methyl sites for hydroxylation is 1. The van der Waals surface area contributed by atoms with Crippen LogP contribution in [0.4, 0.5) is 0 Å². The summed E-state index contributed by atoms with van der Waals surface area (Å²) in [5.74, 6) is 0.805. The van der Waals surface area contributed by atoms with Crippen LogP contribution < -0.4 is 4.74 Å². The van der Waals surface area contributed by atoms with Gasteiger partial charge in [-0.25, -0.2) is 0 Å². The van der Waals surface area contributed by atoms with E-state index in [-0.39, 0.29) is 12.1 Å². The molecular formula is C17H27NO3. The number of hydrogen-bond donors (Lipinski definition) is 1. The Morgan fingerprint density at radius 2 is 2.14 bits per heavy atom. The van der Waals surface area contributed by atoms with Crippen LogP contribution in [0.1, 0.15) is 37.5 Å². The van der Waals surface area contributed by atoms with Crippen LogP contribution in [0, 0.1) is 0 Å². The number of ether oxygens (including phenoxy) is 2. The van der Waals surface area contributed by atoms with Gasteiger partial charge in [0.1, 0.15) is 5.75 Å². The highest BCUT2D eigenvalue weighted by Gasteiger charge is 2.30. The van der Waals surface area contributed by atoms with Gasteiger partial charge >= 0.3 is 0 Å². The van der Waals surface area contributed by atoms with E-state index in [1.807, 2.05) is 26.0 Å². The van der Waals surface area contributed by atoms with E-state index in [2.05, 4.69) is 18.0 Å². The van der Waals surface area contributed by atoms with Crippen molar-refractivity contribution < 1.29 is 14.6 Å². The molecule has 4 heteroatoms. The lowest BCUT2D eigenvalue weighted by atomic mass is 9.85. The van der Waals surface area contributed by atoms with Crippen molar-refractivity contribution in [1.82, 2.24) is 4.90 Å². The van der Waals surface area contributed by atoms with Crippen molar-refractivity contribution in [1.29, 1.82) is 0 Å². The fourth-order valence-electron chi connectivity index (χ4n) is 2.93. The van der Waals surface area contributed by atoms with E-state index in [1.54, 1.807) is 7.11 Å². The molecule has 0 aliphatic heterocycles. The molecule has 0 fully saturated rings. The summed E-state index contributed by atoms with van der Waals surface area (Å²) in [6.45, 7) is 5.61. The molecule has 0 radical (unpaired) electrons. The van der Waals surface area contributed by atoms with E-state index in [0.717, 1.165) is 30.7 Å². The predicted molar refractivity (Wildman–Crippen MR) is 83.8 cm³/mol. The summed E-state index contributed by atoms with van der Waals surface area (Å²) in [7, 11) is 3.71. The summed E-state index contributed by atoms with van der Waals surface area (Å²) >= 11 is 0. The molecule has 1 aromatic carbocycles. The van der Waals surface area contributed by atoms with Gasteiger partial charge in [0.25, 0.3) is 0 Å². The number of benzene rings is 1. The topological polar surface area (TPSA) is 41.9 Å². The first-order valence-corrected chi connectivity index (χ1v) is 7.69. The molecule has 1 aromatic rings. The van der Waals surface area contributed by atoms with Gasteiger partial charge in [-0.3, -0.25) is 4.90 Å². The summed E-state index contributed by atoms with van der Waals surface area (Å²) in [5.41, 5.74) is 2.23. The molecule has 2 unspecified atom stereocenters. The lowest BCUT2D eigenvalue weighted by Crippen LogP contribution is -2.41. The number of fused-ring (bicyclic) bond motifs is 1. The molecule has 0 bridgehead atoms. The molecule has 21 heavy (non-hydrogen) atoms. The molecule has 0 aromatic heterocycles. The Balaban J connectivity index is 2.03. The highest BCUT2D eigenvalue weighted by molar-refractivity contribution is 5.39. The molecule has 2 atom stereocenters. The van der Waals surface area contributed by atoms with Gasteiger partial charge in [0.05, 0.1) is 25.9 Å². The summed E-state index contributed by atoms with van der Waals surface area (Å²) in [4.78, 5) is 2.20.